The standard InChI is InChI=1S/C17H22N2O2/c20-13-17(19-11-10-18-16(21)12-19)9-5-4-8-15(17)14-6-2-1-3-7-14/h1-3,6-7,13,15H,4-5,8-12H2,(H,18,21). The molecule has 1 saturated heterocycles. The van der Waals surface area contributed by atoms with Crippen LogP contribution in [0.25, 0.3) is 0 Å². The highest BCUT2D eigenvalue weighted by Gasteiger charge is 2.47. The molecular formula is C17H22N2O2. The lowest BCUT2D eigenvalue weighted by atomic mass is 9.69. The number of aldehydes is 1. The predicted octanol–water partition coefficient (Wildman–Crippen LogP) is 1.71. The van der Waals surface area contributed by atoms with E-state index < -0.39 is 5.54 Å². The lowest BCUT2D eigenvalue weighted by molar-refractivity contribution is -0.132. The molecule has 1 saturated carbocycles. The summed E-state index contributed by atoms with van der Waals surface area (Å²) in [6.45, 7) is 1.73. The van der Waals surface area contributed by atoms with Crippen molar-refractivity contribution in [2.45, 2.75) is 37.1 Å². The molecule has 1 aliphatic carbocycles. The van der Waals surface area contributed by atoms with E-state index in [1.165, 1.54) is 5.56 Å². The number of hydrogen-bond donors (Lipinski definition) is 1. The smallest absolute Gasteiger partial charge is 0.234 e. The Kier molecular flexibility index (Phi) is 4.06. The maximum absolute atomic E-state index is 12.1. The molecule has 1 aromatic carbocycles. The monoisotopic (exact) mass is 286 g/mol. The van der Waals surface area contributed by atoms with Crippen LogP contribution in [0, 0.1) is 0 Å². The van der Waals surface area contributed by atoms with Gasteiger partial charge in [-0.05, 0) is 18.4 Å². The first-order valence-corrected chi connectivity index (χ1v) is 7.79. The van der Waals surface area contributed by atoms with Gasteiger partial charge in [0.25, 0.3) is 0 Å². The average Bonchev–Trinajstić information content (AvgIpc) is 2.55. The number of carbonyl (C=O) groups is 2. The highest BCUT2D eigenvalue weighted by atomic mass is 16.2. The van der Waals surface area contributed by atoms with Crippen molar-refractivity contribution in [3.63, 3.8) is 0 Å². The fraction of sp³-hybridized carbons (Fsp3) is 0.529. The van der Waals surface area contributed by atoms with Crippen molar-refractivity contribution in [2.75, 3.05) is 19.6 Å². The average molecular weight is 286 g/mol. The quantitative estimate of drug-likeness (QED) is 0.861. The zero-order valence-corrected chi connectivity index (χ0v) is 12.3. The Hall–Kier alpha value is -1.68. The molecule has 2 unspecified atom stereocenters. The van der Waals surface area contributed by atoms with Crippen LogP contribution in [-0.2, 0) is 9.59 Å². The van der Waals surface area contributed by atoms with Gasteiger partial charge >= 0.3 is 0 Å². The molecule has 1 aromatic rings. The fourth-order valence-corrected chi connectivity index (χ4v) is 3.91. The van der Waals surface area contributed by atoms with Gasteiger partial charge in [0.1, 0.15) is 6.29 Å². The van der Waals surface area contributed by atoms with E-state index in [1.54, 1.807) is 0 Å². The molecule has 1 amide bonds. The van der Waals surface area contributed by atoms with Gasteiger partial charge in [0, 0.05) is 19.0 Å². The Bertz CT molecular complexity index is 517. The highest BCUT2D eigenvalue weighted by molar-refractivity contribution is 5.80. The zero-order valence-electron chi connectivity index (χ0n) is 12.3. The molecule has 0 spiro atoms. The molecule has 1 aliphatic heterocycles. The van der Waals surface area contributed by atoms with Crippen molar-refractivity contribution in [1.82, 2.24) is 10.2 Å². The molecule has 1 heterocycles. The van der Waals surface area contributed by atoms with Crippen LogP contribution < -0.4 is 5.32 Å². The van der Waals surface area contributed by atoms with Crippen LogP contribution in [0.1, 0.15) is 37.2 Å². The van der Waals surface area contributed by atoms with Crippen LogP contribution in [-0.4, -0.2) is 42.3 Å². The van der Waals surface area contributed by atoms with Crippen molar-refractivity contribution < 1.29 is 9.59 Å². The fourth-order valence-electron chi connectivity index (χ4n) is 3.91. The highest BCUT2D eigenvalue weighted by Crippen LogP contribution is 2.43. The van der Waals surface area contributed by atoms with E-state index in [-0.39, 0.29) is 11.8 Å². The molecular weight excluding hydrogens is 264 g/mol. The molecule has 0 radical (unpaired) electrons. The van der Waals surface area contributed by atoms with Gasteiger partial charge in [-0.25, -0.2) is 0 Å². The van der Waals surface area contributed by atoms with Gasteiger partial charge in [0.15, 0.2) is 0 Å². The number of carbonyl (C=O) groups excluding carboxylic acids is 2. The van der Waals surface area contributed by atoms with Crippen molar-refractivity contribution in [3.05, 3.63) is 35.9 Å². The second-order valence-electron chi connectivity index (χ2n) is 6.09. The lowest BCUT2D eigenvalue weighted by Gasteiger charge is -2.49. The third kappa shape index (κ3) is 2.60. The normalized spacial score (nSPS) is 30.7. The summed E-state index contributed by atoms with van der Waals surface area (Å²) in [7, 11) is 0. The molecule has 21 heavy (non-hydrogen) atoms. The third-order valence-corrected chi connectivity index (χ3v) is 4.96. The summed E-state index contributed by atoms with van der Waals surface area (Å²) in [6.07, 6.45) is 5.18. The largest absolute Gasteiger partial charge is 0.354 e. The summed E-state index contributed by atoms with van der Waals surface area (Å²) in [4.78, 5) is 26.0. The molecule has 2 fully saturated rings. The van der Waals surface area contributed by atoms with E-state index in [4.69, 9.17) is 0 Å². The van der Waals surface area contributed by atoms with Crippen LogP contribution in [0.2, 0.25) is 0 Å². The van der Waals surface area contributed by atoms with Gasteiger partial charge in [-0.15, -0.1) is 0 Å². The minimum atomic E-state index is -0.517. The van der Waals surface area contributed by atoms with Crippen molar-refractivity contribution in [2.24, 2.45) is 0 Å². The number of benzene rings is 1. The molecule has 3 rings (SSSR count). The van der Waals surface area contributed by atoms with E-state index in [9.17, 15) is 9.59 Å². The van der Waals surface area contributed by atoms with Gasteiger partial charge in [-0.2, -0.15) is 0 Å². The lowest BCUT2D eigenvalue weighted by Crippen LogP contribution is -2.62. The van der Waals surface area contributed by atoms with Crippen molar-refractivity contribution in [1.29, 1.82) is 0 Å². The Labute approximate surface area is 125 Å². The summed E-state index contributed by atoms with van der Waals surface area (Å²) in [5, 5.41) is 2.85. The van der Waals surface area contributed by atoms with Gasteiger partial charge in [-0.3, -0.25) is 9.69 Å². The third-order valence-electron chi connectivity index (χ3n) is 4.96. The second-order valence-corrected chi connectivity index (χ2v) is 6.09. The second kappa shape index (κ2) is 5.98. The first-order valence-electron chi connectivity index (χ1n) is 7.79. The number of amides is 1. The van der Waals surface area contributed by atoms with Crippen LogP contribution >= 0.6 is 0 Å². The van der Waals surface area contributed by atoms with E-state index in [0.29, 0.717) is 13.1 Å². The van der Waals surface area contributed by atoms with Gasteiger partial charge in [0.05, 0.1) is 12.1 Å². The molecule has 1 N–H and O–H groups in total. The van der Waals surface area contributed by atoms with E-state index in [0.717, 1.165) is 38.5 Å². The van der Waals surface area contributed by atoms with Crippen LogP contribution in [0.15, 0.2) is 30.3 Å². The summed E-state index contributed by atoms with van der Waals surface area (Å²) in [5.74, 6) is 0.218. The minimum absolute atomic E-state index is 0.0276. The molecule has 4 nitrogen and oxygen atoms in total. The van der Waals surface area contributed by atoms with Gasteiger partial charge < -0.3 is 10.1 Å². The first kappa shape index (κ1) is 14.3. The van der Waals surface area contributed by atoms with Crippen LogP contribution in [0.4, 0.5) is 0 Å². The SMILES string of the molecule is O=CC1(N2CCNC(=O)C2)CCCCC1c1ccccc1. The van der Waals surface area contributed by atoms with Crippen molar-refractivity contribution in [3.8, 4) is 0 Å². The number of piperazine rings is 1. The molecule has 0 bridgehead atoms. The van der Waals surface area contributed by atoms with Crippen LogP contribution in [0.5, 0.6) is 0 Å². The van der Waals surface area contributed by atoms with Crippen molar-refractivity contribution >= 4 is 12.2 Å². The van der Waals surface area contributed by atoms with E-state index in [1.807, 2.05) is 18.2 Å². The molecule has 4 heteroatoms. The number of hydrogen-bond acceptors (Lipinski definition) is 3. The summed E-state index contributed by atoms with van der Waals surface area (Å²) in [6, 6.07) is 10.3. The maximum Gasteiger partial charge on any atom is 0.234 e. The van der Waals surface area contributed by atoms with E-state index >= 15 is 0 Å². The first-order chi connectivity index (χ1) is 10.3. The Morgan fingerprint density at radius 3 is 2.76 bits per heavy atom. The molecule has 0 aromatic heterocycles. The summed E-state index contributed by atoms with van der Waals surface area (Å²) >= 11 is 0. The Morgan fingerprint density at radius 2 is 2.05 bits per heavy atom. The topological polar surface area (TPSA) is 49.4 Å². The maximum atomic E-state index is 12.1. The number of nitrogens with one attached hydrogen (secondary N) is 1. The van der Waals surface area contributed by atoms with E-state index in [2.05, 4.69) is 22.3 Å². The predicted molar refractivity (Wildman–Crippen MR) is 81.0 cm³/mol. The summed E-state index contributed by atoms with van der Waals surface area (Å²) in [5.41, 5.74) is 0.701. The molecule has 112 valence electrons. The van der Waals surface area contributed by atoms with Gasteiger partial charge in [-0.1, -0.05) is 43.2 Å². The Morgan fingerprint density at radius 1 is 1.24 bits per heavy atom. The summed E-state index contributed by atoms with van der Waals surface area (Å²) < 4.78 is 0. The Balaban J connectivity index is 1.96. The minimum Gasteiger partial charge on any atom is -0.354 e. The van der Waals surface area contributed by atoms with Gasteiger partial charge in [0.2, 0.25) is 5.91 Å². The van der Waals surface area contributed by atoms with Crippen LogP contribution in [0.3, 0.4) is 0 Å². The zero-order chi connectivity index (χ0) is 14.7. The molecule has 2 aliphatic rings. The number of rotatable bonds is 3. The molecule has 2 atom stereocenters. The number of nitrogens with zero attached hydrogens (tertiary/aromatic N) is 1.